The van der Waals surface area contributed by atoms with Crippen molar-refractivity contribution in [2.24, 2.45) is 0 Å². The Bertz CT molecular complexity index is 1270. The Morgan fingerprint density at radius 2 is 2.21 bits per heavy atom. The topological polar surface area (TPSA) is 112 Å². The summed E-state index contributed by atoms with van der Waals surface area (Å²) in [6.07, 6.45) is 4.77. The van der Waals surface area contributed by atoms with Crippen LogP contribution in [0.3, 0.4) is 0 Å². The van der Waals surface area contributed by atoms with Crippen LogP contribution in [-0.4, -0.2) is 37.3 Å². The number of hydrogen-bond acceptors (Lipinski definition) is 7. The summed E-state index contributed by atoms with van der Waals surface area (Å²) in [5.74, 6) is -0.382. The number of para-hydroxylation sites is 1. The van der Waals surface area contributed by atoms with Gasteiger partial charge in [-0.05, 0) is 25.0 Å². The third-order valence-electron chi connectivity index (χ3n) is 5.76. The number of amides is 1. The Kier molecular flexibility index (Phi) is 3.26. The molecule has 1 N–H and O–H groups in total. The van der Waals surface area contributed by atoms with Crippen molar-refractivity contribution in [2.75, 3.05) is 6.54 Å². The van der Waals surface area contributed by atoms with E-state index in [0.29, 0.717) is 6.54 Å². The average molecular weight is 402 g/mol. The zero-order valence-corrected chi connectivity index (χ0v) is 15.9. The highest BCUT2D eigenvalue weighted by Crippen LogP contribution is 2.55. The molecule has 0 radical (unpaired) electrons. The van der Waals surface area contributed by atoms with Crippen LogP contribution >= 0.6 is 11.3 Å². The molecule has 9 heteroatoms. The molecule has 1 aromatic carbocycles. The highest BCUT2D eigenvalue weighted by molar-refractivity contribution is 7.18. The van der Waals surface area contributed by atoms with E-state index in [2.05, 4.69) is 15.0 Å². The summed E-state index contributed by atoms with van der Waals surface area (Å²) < 4.78 is 6.36. The van der Waals surface area contributed by atoms with E-state index in [0.717, 1.165) is 45.8 Å². The quantitative estimate of drug-likeness (QED) is 0.551. The molecule has 6 rings (SSSR count). The lowest BCUT2D eigenvalue weighted by molar-refractivity contribution is 0.0625. The van der Waals surface area contributed by atoms with Crippen LogP contribution in [0, 0.1) is 11.3 Å². The number of thiazole rings is 1. The third-order valence-corrected chi connectivity index (χ3v) is 6.84. The van der Waals surface area contributed by atoms with Gasteiger partial charge in [0.1, 0.15) is 17.1 Å². The zero-order valence-electron chi connectivity index (χ0n) is 15.1. The maximum Gasteiger partial charge on any atom is 0.293 e. The van der Waals surface area contributed by atoms with Crippen LogP contribution in [0.5, 0.6) is 0 Å². The molecule has 1 saturated carbocycles. The molecule has 0 unspecified atom stereocenters. The fourth-order valence-electron chi connectivity index (χ4n) is 4.19. The molecule has 29 heavy (non-hydrogen) atoms. The Morgan fingerprint density at radius 1 is 1.34 bits per heavy atom. The molecule has 3 aromatic heterocycles. The number of carbonyl (C=O) groups is 1. The first-order valence-corrected chi connectivity index (χ1v) is 10.1. The first kappa shape index (κ1) is 16.4. The van der Waals surface area contributed by atoms with Gasteiger partial charge in [0, 0.05) is 12.0 Å². The number of oxazole rings is 1. The number of rotatable bonds is 2. The molecule has 1 aliphatic carbocycles. The minimum atomic E-state index is -0.416. The molecular formula is C20H14N6O2S. The number of H-pyrrole nitrogens is 1. The predicted octanol–water partition coefficient (Wildman–Crippen LogP) is 3.16. The second-order valence-corrected chi connectivity index (χ2v) is 8.50. The number of nitrogens with zero attached hydrogens (tertiary/aromatic N) is 5. The number of aromatic amines is 1. The molecule has 1 fully saturated rings. The number of imidazole rings is 1. The summed E-state index contributed by atoms with van der Waals surface area (Å²) in [7, 11) is 0. The molecule has 4 heterocycles. The van der Waals surface area contributed by atoms with Crippen molar-refractivity contribution in [1.82, 2.24) is 24.8 Å². The van der Waals surface area contributed by atoms with Gasteiger partial charge in [-0.3, -0.25) is 4.79 Å². The van der Waals surface area contributed by atoms with E-state index in [-0.39, 0.29) is 22.8 Å². The normalized spacial score (nSPS) is 19.3. The summed E-state index contributed by atoms with van der Waals surface area (Å²) in [6.45, 7) is 0.510. The van der Waals surface area contributed by atoms with Crippen LogP contribution in [0.4, 0.5) is 0 Å². The highest BCUT2D eigenvalue weighted by Gasteiger charge is 2.56. The molecule has 1 atom stereocenters. The van der Waals surface area contributed by atoms with Gasteiger partial charge in [0.15, 0.2) is 12.1 Å². The monoisotopic (exact) mass is 402 g/mol. The largest absolute Gasteiger partial charge is 0.437 e. The van der Waals surface area contributed by atoms with Crippen molar-refractivity contribution in [3.63, 3.8) is 0 Å². The number of nitrogens with one attached hydrogen (secondary N) is 1. The van der Waals surface area contributed by atoms with Gasteiger partial charge in [0.2, 0.25) is 5.76 Å². The van der Waals surface area contributed by atoms with Crippen LogP contribution in [0.25, 0.3) is 10.2 Å². The van der Waals surface area contributed by atoms with E-state index in [1.807, 2.05) is 30.3 Å². The lowest BCUT2D eigenvalue weighted by atomic mass is 9.90. The minimum absolute atomic E-state index is 0.00157. The molecule has 1 aliphatic heterocycles. The van der Waals surface area contributed by atoms with Crippen molar-refractivity contribution < 1.29 is 9.21 Å². The van der Waals surface area contributed by atoms with Crippen molar-refractivity contribution in [2.45, 2.75) is 24.3 Å². The average Bonchev–Trinajstić information content (AvgIpc) is 3.18. The van der Waals surface area contributed by atoms with Crippen LogP contribution < -0.4 is 0 Å². The van der Waals surface area contributed by atoms with Gasteiger partial charge in [-0.15, -0.1) is 11.3 Å². The van der Waals surface area contributed by atoms with E-state index in [1.54, 1.807) is 22.6 Å². The summed E-state index contributed by atoms with van der Waals surface area (Å²) in [5, 5.41) is 10.1. The van der Waals surface area contributed by atoms with E-state index >= 15 is 0 Å². The van der Waals surface area contributed by atoms with E-state index in [1.165, 1.54) is 0 Å². The second-order valence-electron chi connectivity index (χ2n) is 7.44. The number of benzene rings is 1. The van der Waals surface area contributed by atoms with E-state index in [4.69, 9.17) is 9.40 Å². The number of aromatic nitrogens is 4. The summed E-state index contributed by atoms with van der Waals surface area (Å²) in [5.41, 5.74) is 2.66. The molecule has 1 amide bonds. The smallest absolute Gasteiger partial charge is 0.293 e. The number of hydrogen-bond donors (Lipinski definition) is 1. The fraction of sp³-hybridized carbons (Fsp3) is 0.250. The molecule has 0 saturated heterocycles. The van der Waals surface area contributed by atoms with Gasteiger partial charge in [-0.2, -0.15) is 5.26 Å². The van der Waals surface area contributed by atoms with Crippen LogP contribution in [0.2, 0.25) is 0 Å². The van der Waals surface area contributed by atoms with Gasteiger partial charge in [-0.25, -0.2) is 15.0 Å². The van der Waals surface area contributed by atoms with Gasteiger partial charge in [0.25, 0.3) is 5.91 Å². The summed E-state index contributed by atoms with van der Waals surface area (Å²) >= 11 is 1.56. The SMILES string of the molecule is N#Cc1ncoc1C(=O)N1CC2(CC2)c2nc[nH]c2[C@H]1c1nc2ccccc2s1. The van der Waals surface area contributed by atoms with Crippen molar-refractivity contribution in [3.8, 4) is 6.07 Å². The van der Waals surface area contributed by atoms with Crippen molar-refractivity contribution in [3.05, 3.63) is 64.8 Å². The lowest BCUT2D eigenvalue weighted by Gasteiger charge is -2.37. The standard InChI is InChI=1S/C20H14N6O2S/c21-7-12-16(28-10-24-12)19(27)26-8-20(5-6-20)17-14(22-9-23-17)15(26)18-25-11-3-1-2-4-13(11)29-18/h1-4,9-10,15H,5-6,8H2,(H,22,23)/t15-/m0/s1. The number of carbonyl (C=O) groups excluding carboxylic acids is 1. The molecule has 4 aromatic rings. The Hall–Kier alpha value is -3.51. The van der Waals surface area contributed by atoms with Crippen LogP contribution in [0.1, 0.15) is 51.5 Å². The zero-order chi connectivity index (χ0) is 19.6. The maximum atomic E-state index is 13.5. The van der Waals surface area contributed by atoms with Gasteiger partial charge in [0.05, 0.1) is 27.9 Å². The maximum absolute atomic E-state index is 13.5. The molecule has 8 nitrogen and oxygen atoms in total. The van der Waals surface area contributed by atoms with Gasteiger partial charge in [-0.1, -0.05) is 12.1 Å². The number of fused-ring (bicyclic) bond motifs is 3. The highest BCUT2D eigenvalue weighted by atomic mass is 32.1. The Morgan fingerprint density at radius 3 is 3.00 bits per heavy atom. The fourth-order valence-corrected chi connectivity index (χ4v) is 5.28. The molecule has 1 spiro atoms. The Balaban J connectivity index is 1.53. The van der Waals surface area contributed by atoms with Crippen LogP contribution in [-0.2, 0) is 5.41 Å². The molecule has 0 bridgehead atoms. The first-order valence-electron chi connectivity index (χ1n) is 9.24. The van der Waals surface area contributed by atoms with Gasteiger partial charge >= 0.3 is 0 Å². The van der Waals surface area contributed by atoms with E-state index < -0.39 is 6.04 Å². The first-order chi connectivity index (χ1) is 14.2. The van der Waals surface area contributed by atoms with E-state index in [9.17, 15) is 10.1 Å². The Labute approximate surface area is 168 Å². The van der Waals surface area contributed by atoms with Gasteiger partial charge < -0.3 is 14.3 Å². The lowest BCUT2D eigenvalue weighted by Crippen LogP contribution is -2.45. The molecule has 142 valence electrons. The van der Waals surface area contributed by atoms with Crippen LogP contribution in [0.15, 0.2) is 41.4 Å². The molecule has 2 aliphatic rings. The summed E-state index contributed by atoms with van der Waals surface area (Å²) in [4.78, 5) is 31.7. The summed E-state index contributed by atoms with van der Waals surface area (Å²) in [6, 6.07) is 9.43. The van der Waals surface area contributed by atoms with Crippen molar-refractivity contribution in [1.29, 1.82) is 5.26 Å². The van der Waals surface area contributed by atoms with Crippen molar-refractivity contribution >= 4 is 27.5 Å². The second kappa shape index (κ2) is 5.75. The minimum Gasteiger partial charge on any atom is -0.437 e. The predicted molar refractivity (Wildman–Crippen MR) is 103 cm³/mol. The molecular weight excluding hydrogens is 388 g/mol. The number of nitriles is 1. The third kappa shape index (κ3) is 2.29.